The highest BCUT2D eigenvalue weighted by Crippen LogP contribution is 2.24. The quantitative estimate of drug-likeness (QED) is 0.0896. The first kappa shape index (κ1) is 26.7. The molecule has 0 saturated carbocycles. The predicted octanol–water partition coefficient (Wildman–Crippen LogP) is 2.45. The second-order valence-corrected chi connectivity index (χ2v) is 8.95. The van der Waals surface area contributed by atoms with Gasteiger partial charge in [-0.3, -0.25) is 20.0 Å². The van der Waals surface area contributed by atoms with Gasteiger partial charge < -0.3 is 15.4 Å². The van der Waals surface area contributed by atoms with Crippen molar-refractivity contribution in [2.75, 3.05) is 0 Å². The molecule has 0 saturated heterocycles. The fourth-order valence-corrected chi connectivity index (χ4v) is 4.11. The minimum atomic E-state index is -1.15. The number of carboxylic acid groups (broad SMARTS) is 1. The molecule has 11 heteroatoms. The molecule has 202 valence electrons. The number of aromatic nitrogens is 4. The molecule has 0 radical (unpaired) electrons. The molecule has 3 aromatic heterocycles. The third-order valence-corrected chi connectivity index (χ3v) is 6.24. The molecule has 2 aromatic carbocycles. The van der Waals surface area contributed by atoms with Crippen LogP contribution < -0.4 is 16.6 Å². The lowest BCUT2D eigenvalue weighted by molar-refractivity contribution is -0.139. The molecule has 6 N–H and O–H groups in total. The summed E-state index contributed by atoms with van der Waals surface area (Å²) in [5.74, 6) is 9.40. The number of carbonyl (C=O) groups is 3. The van der Waals surface area contributed by atoms with Crippen molar-refractivity contribution >= 4 is 28.7 Å². The molecule has 0 fully saturated rings. The van der Waals surface area contributed by atoms with Crippen molar-refractivity contribution < 1.29 is 19.5 Å². The number of H-pyrrole nitrogens is 1. The minimum absolute atomic E-state index is 0.0610. The Morgan fingerprint density at radius 2 is 1.68 bits per heavy atom. The number of rotatable bonds is 7. The summed E-state index contributed by atoms with van der Waals surface area (Å²) in [6.45, 7) is 0. The number of amides is 2. The summed E-state index contributed by atoms with van der Waals surface area (Å²) in [7, 11) is 0. The van der Waals surface area contributed by atoms with Crippen molar-refractivity contribution in [1.82, 2.24) is 30.7 Å². The minimum Gasteiger partial charge on any atom is -0.480 e. The van der Waals surface area contributed by atoms with Crippen LogP contribution in [0.1, 0.15) is 37.5 Å². The molecule has 0 aliphatic carbocycles. The van der Waals surface area contributed by atoms with Crippen LogP contribution in [0.15, 0.2) is 85.6 Å². The SMILES string of the molecule is NNC(=O)c1cc(-c2ccc(C#Cc3ccc(C(=O)NC(Cc4c[nH]cn4)C(=O)O)cc3)cc2)nc2ccncc12. The van der Waals surface area contributed by atoms with Gasteiger partial charge in [-0.1, -0.05) is 24.0 Å². The van der Waals surface area contributed by atoms with E-state index in [0.717, 1.165) is 11.1 Å². The summed E-state index contributed by atoms with van der Waals surface area (Å²) >= 11 is 0. The molecule has 11 nitrogen and oxygen atoms in total. The van der Waals surface area contributed by atoms with E-state index in [2.05, 4.69) is 42.5 Å². The fraction of sp³-hybridized carbons (Fsp3) is 0.0667. The monoisotopic (exact) mass is 545 g/mol. The van der Waals surface area contributed by atoms with Gasteiger partial charge in [-0.25, -0.2) is 20.6 Å². The summed E-state index contributed by atoms with van der Waals surface area (Å²) in [5.41, 5.74) is 6.83. The van der Waals surface area contributed by atoms with Gasteiger partial charge in [-0.05, 0) is 48.5 Å². The Hall–Kier alpha value is -5.86. The summed E-state index contributed by atoms with van der Waals surface area (Å²) in [6, 6.07) is 16.3. The van der Waals surface area contributed by atoms with E-state index in [1.54, 1.807) is 55.0 Å². The molecule has 1 unspecified atom stereocenters. The zero-order valence-corrected chi connectivity index (χ0v) is 21.5. The second-order valence-electron chi connectivity index (χ2n) is 8.95. The van der Waals surface area contributed by atoms with E-state index in [0.29, 0.717) is 39.0 Å². The van der Waals surface area contributed by atoms with E-state index in [-0.39, 0.29) is 6.42 Å². The highest BCUT2D eigenvalue weighted by molar-refractivity contribution is 6.06. The highest BCUT2D eigenvalue weighted by atomic mass is 16.4. The van der Waals surface area contributed by atoms with E-state index in [4.69, 9.17) is 5.84 Å². The van der Waals surface area contributed by atoms with Crippen LogP contribution in [0.2, 0.25) is 0 Å². The summed E-state index contributed by atoms with van der Waals surface area (Å²) in [4.78, 5) is 52.0. The largest absolute Gasteiger partial charge is 0.480 e. The average molecular weight is 546 g/mol. The van der Waals surface area contributed by atoms with Crippen LogP contribution in [0.5, 0.6) is 0 Å². The van der Waals surface area contributed by atoms with Crippen LogP contribution >= 0.6 is 0 Å². The molecule has 0 aliphatic rings. The standard InChI is InChI=1S/C30H23N7O4/c31-37-29(39)23-14-26(35-25-11-12-32-16-24(23)25)20-7-3-18(4-8-20)1-2-19-5-9-21(10-6-19)28(38)36-27(30(40)41)13-22-15-33-17-34-22/h3-12,14-17,27H,13,31H2,(H,33,34)(H,36,38)(H,37,39)(H,40,41). The van der Waals surface area contributed by atoms with Crippen molar-refractivity contribution in [2.45, 2.75) is 12.5 Å². The highest BCUT2D eigenvalue weighted by Gasteiger charge is 2.22. The van der Waals surface area contributed by atoms with Gasteiger partial charge in [0, 0.05) is 52.7 Å². The van der Waals surface area contributed by atoms with Crippen molar-refractivity contribution in [2.24, 2.45) is 5.84 Å². The zero-order chi connectivity index (χ0) is 28.8. The first-order valence-electron chi connectivity index (χ1n) is 12.4. The summed E-state index contributed by atoms with van der Waals surface area (Å²) in [6.07, 6.45) is 6.27. The number of pyridine rings is 2. The Kier molecular flexibility index (Phi) is 7.76. The van der Waals surface area contributed by atoms with Crippen molar-refractivity contribution in [3.8, 4) is 23.1 Å². The maximum atomic E-state index is 12.6. The van der Waals surface area contributed by atoms with Gasteiger partial charge in [-0.15, -0.1) is 0 Å². The molecular formula is C30H23N7O4. The number of fused-ring (bicyclic) bond motifs is 1. The third kappa shape index (κ3) is 6.25. The maximum absolute atomic E-state index is 12.6. The first-order chi connectivity index (χ1) is 19.9. The Balaban J connectivity index is 1.28. The number of benzene rings is 2. The number of hydrogen-bond acceptors (Lipinski definition) is 7. The second kappa shape index (κ2) is 11.9. The number of nitrogens with zero attached hydrogens (tertiary/aromatic N) is 3. The van der Waals surface area contributed by atoms with Gasteiger partial charge in [0.15, 0.2) is 0 Å². The molecule has 5 rings (SSSR count). The van der Waals surface area contributed by atoms with Crippen LogP contribution in [0.25, 0.3) is 22.2 Å². The van der Waals surface area contributed by atoms with Crippen molar-refractivity contribution in [3.63, 3.8) is 0 Å². The Morgan fingerprint density at radius 1 is 0.976 bits per heavy atom. The number of nitrogens with one attached hydrogen (secondary N) is 3. The Morgan fingerprint density at radius 3 is 2.32 bits per heavy atom. The van der Waals surface area contributed by atoms with E-state index in [9.17, 15) is 19.5 Å². The van der Waals surface area contributed by atoms with Gasteiger partial charge >= 0.3 is 5.97 Å². The van der Waals surface area contributed by atoms with E-state index in [1.807, 2.05) is 24.3 Å². The number of carboxylic acids is 1. The van der Waals surface area contributed by atoms with Crippen molar-refractivity contribution in [1.29, 1.82) is 0 Å². The molecular weight excluding hydrogens is 522 g/mol. The van der Waals surface area contributed by atoms with Gasteiger partial charge in [0.05, 0.1) is 28.8 Å². The van der Waals surface area contributed by atoms with Crippen LogP contribution in [-0.2, 0) is 11.2 Å². The molecule has 3 heterocycles. The van der Waals surface area contributed by atoms with Gasteiger partial charge in [0.1, 0.15) is 6.04 Å². The number of aromatic amines is 1. The lowest BCUT2D eigenvalue weighted by Gasteiger charge is -2.13. The van der Waals surface area contributed by atoms with Crippen molar-refractivity contribution in [3.05, 3.63) is 114 Å². The van der Waals surface area contributed by atoms with E-state index < -0.39 is 23.8 Å². The number of hydrazine groups is 1. The molecule has 0 bridgehead atoms. The number of carbonyl (C=O) groups excluding carboxylic acids is 2. The topological polar surface area (TPSA) is 176 Å². The van der Waals surface area contributed by atoms with E-state index >= 15 is 0 Å². The van der Waals surface area contributed by atoms with Gasteiger partial charge in [-0.2, -0.15) is 0 Å². The van der Waals surface area contributed by atoms with Crippen LogP contribution in [0, 0.1) is 11.8 Å². The summed E-state index contributed by atoms with van der Waals surface area (Å²) < 4.78 is 0. The lowest BCUT2D eigenvalue weighted by atomic mass is 10.0. The fourth-order valence-electron chi connectivity index (χ4n) is 4.11. The predicted molar refractivity (Wildman–Crippen MR) is 150 cm³/mol. The molecule has 5 aromatic rings. The maximum Gasteiger partial charge on any atom is 0.326 e. The molecule has 41 heavy (non-hydrogen) atoms. The number of imidazole rings is 1. The van der Waals surface area contributed by atoms with Crippen LogP contribution in [-0.4, -0.2) is 48.9 Å². The van der Waals surface area contributed by atoms with Gasteiger partial charge in [0.25, 0.3) is 11.8 Å². The number of hydrogen-bond donors (Lipinski definition) is 5. The molecule has 0 aliphatic heterocycles. The van der Waals surface area contributed by atoms with Gasteiger partial charge in [0.2, 0.25) is 0 Å². The normalized spacial score (nSPS) is 11.2. The number of aliphatic carboxylic acids is 1. The average Bonchev–Trinajstić information content (AvgIpc) is 3.52. The zero-order valence-electron chi connectivity index (χ0n) is 21.5. The Bertz CT molecular complexity index is 1790. The smallest absolute Gasteiger partial charge is 0.326 e. The Labute approximate surface area is 233 Å². The summed E-state index contributed by atoms with van der Waals surface area (Å²) in [5, 5.41) is 12.6. The van der Waals surface area contributed by atoms with Crippen LogP contribution in [0.4, 0.5) is 0 Å². The number of nitrogens with two attached hydrogens (primary N) is 1. The molecule has 2 amide bonds. The first-order valence-corrected chi connectivity index (χ1v) is 12.4. The third-order valence-electron chi connectivity index (χ3n) is 6.24. The number of nitrogen functional groups attached to an aromatic ring is 1. The van der Waals surface area contributed by atoms with E-state index in [1.165, 1.54) is 6.33 Å². The van der Waals surface area contributed by atoms with Crippen LogP contribution in [0.3, 0.4) is 0 Å². The molecule has 1 atom stereocenters. The lowest BCUT2D eigenvalue weighted by Crippen LogP contribution is -2.42. The molecule has 0 spiro atoms.